The van der Waals surface area contributed by atoms with Gasteiger partial charge in [0.25, 0.3) is 5.91 Å². The number of amides is 2. The Hall–Kier alpha value is -3.52. The van der Waals surface area contributed by atoms with Crippen molar-refractivity contribution >= 4 is 12.0 Å². The van der Waals surface area contributed by atoms with E-state index in [1.165, 1.54) is 0 Å². The number of carbonyl (C=O) groups excluding carboxylic acids is 2. The number of benzene rings is 3. The SMILES string of the molecule is CC1(C)OC(=O)N(C(=O)[C@@H](OCc2ccccc2)[C@H](O)COCc2ccccc2)[C@H]1Cc1ccccc1. The zero-order chi connectivity index (χ0) is 26.3. The molecule has 0 spiro atoms. The van der Waals surface area contributed by atoms with Gasteiger partial charge in [-0.25, -0.2) is 9.69 Å². The second kappa shape index (κ2) is 12.1. The van der Waals surface area contributed by atoms with E-state index in [1.54, 1.807) is 13.8 Å². The fourth-order valence-electron chi connectivity index (χ4n) is 4.40. The lowest BCUT2D eigenvalue weighted by molar-refractivity contribution is -0.155. The van der Waals surface area contributed by atoms with Gasteiger partial charge < -0.3 is 19.3 Å². The van der Waals surface area contributed by atoms with Crippen LogP contribution in [0.1, 0.15) is 30.5 Å². The van der Waals surface area contributed by atoms with Gasteiger partial charge >= 0.3 is 6.09 Å². The minimum atomic E-state index is -1.32. The van der Waals surface area contributed by atoms with E-state index >= 15 is 0 Å². The summed E-state index contributed by atoms with van der Waals surface area (Å²) in [5.41, 5.74) is 1.82. The summed E-state index contributed by atoms with van der Waals surface area (Å²) in [5.74, 6) is -0.650. The number of imide groups is 1. The highest BCUT2D eigenvalue weighted by atomic mass is 16.6. The molecule has 0 aliphatic carbocycles. The van der Waals surface area contributed by atoms with E-state index in [4.69, 9.17) is 14.2 Å². The second-order valence-electron chi connectivity index (χ2n) is 9.67. The number of rotatable bonds is 11. The Kier molecular flexibility index (Phi) is 8.71. The molecular formula is C30H33NO6. The predicted octanol–water partition coefficient (Wildman–Crippen LogP) is 4.52. The number of aliphatic hydroxyl groups excluding tert-OH is 1. The first-order valence-corrected chi connectivity index (χ1v) is 12.4. The van der Waals surface area contributed by atoms with Crippen LogP contribution in [0.3, 0.4) is 0 Å². The number of cyclic esters (lactones) is 1. The fraction of sp³-hybridized carbons (Fsp3) is 0.333. The molecule has 3 aromatic rings. The Bertz CT molecular complexity index is 1150. The van der Waals surface area contributed by atoms with Crippen molar-refractivity contribution in [3.05, 3.63) is 108 Å². The first-order valence-electron chi connectivity index (χ1n) is 12.4. The summed E-state index contributed by atoms with van der Waals surface area (Å²) >= 11 is 0. The van der Waals surface area contributed by atoms with Crippen LogP contribution in [0, 0.1) is 0 Å². The maximum atomic E-state index is 13.8. The van der Waals surface area contributed by atoms with Gasteiger partial charge in [0.15, 0.2) is 6.10 Å². The summed E-state index contributed by atoms with van der Waals surface area (Å²) < 4.78 is 17.3. The molecule has 37 heavy (non-hydrogen) atoms. The van der Waals surface area contributed by atoms with E-state index < -0.39 is 35.9 Å². The normalized spacial score (nSPS) is 18.3. The lowest BCUT2D eigenvalue weighted by Gasteiger charge is -2.31. The Balaban J connectivity index is 1.53. The number of carbonyl (C=O) groups is 2. The topological polar surface area (TPSA) is 85.3 Å². The highest BCUT2D eigenvalue weighted by molar-refractivity contribution is 5.96. The van der Waals surface area contributed by atoms with Crippen LogP contribution in [-0.4, -0.2) is 52.5 Å². The van der Waals surface area contributed by atoms with Gasteiger partial charge in [-0.15, -0.1) is 0 Å². The molecule has 1 heterocycles. The Morgan fingerprint density at radius 3 is 1.97 bits per heavy atom. The molecule has 194 valence electrons. The number of nitrogens with zero attached hydrogens (tertiary/aromatic N) is 1. The van der Waals surface area contributed by atoms with Crippen LogP contribution in [0.2, 0.25) is 0 Å². The molecule has 2 amide bonds. The van der Waals surface area contributed by atoms with Crippen molar-refractivity contribution in [2.24, 2.45) is 0 Å². The minimum absolute atomic E-state index is 0.0859. The van der Waals surface area contributed by atoms with Crippen molar-refractivity contribution < 1.29 is 28.9 Å². The molecule has 7 nitrogen and oxygen atoms in total. The Morgan fingerprint density at radius 1 is 0.892 bits per heavy atom. The first-order chi connectivity index (χ1) is 17.8. The number of hydrogen-bond acceptors (Lipinski definition) is 6. The summed E-state index contributed by atoms with van der Waals surface area (Å²) in [5, 5.41) is 11.0. The molecule has 7 heteroatoms. The average molecular weight is 504 g/mol. The van der Waals surface area contributed by atoms with Crippen LogP contribution < -0.4 is 0 Å². The molecule has 0 aromatic heterocycles. The van der Waals surface area contributed by atoms with E-state index in [9.17, 15) is 14.7 Å². The molecular weight excluding hydrogens is 470 g/mol. The maximum absolute atomic E-state index is 13.8. The number of aliphatic hydroxyl groups is 1. The number of ether oxygens (including phenoxy) is 3. The highest BCUT2D eigenvalue weighted by Crippen LogP contribution is 2.33. The predicted molar refractivity (Wildman–Crippen MR) is 138 cm³/mol. The van der Waals surface area contributed by atoms with E-state index in [2.05, 4.69) is 0 Å². The molecule has 1 fully saturated rings. The van der Waals surface area contributed by atoms with Gasteiger partial charge in [0.2, 0.25) is 0 Å². The Labute approximate surface area is 217 Å². The lowest BCUT2D eigenvalue weighted by Crippen LogP contribution is -2.53. The summed E-state index contributed by atoms with van der Waals surface area (Å²) in [4.78, 5) is 27.9. The highest BCUT2D eigenvalue weighted by Gasteiger charge is 2.52. The van der Waals surface area contributed by atoms with Gasteiger partial charge in [0.05, 0.1) is 25.9 Å². The van der Waals surface area contributed by atoms with Crippen LogP contribution in [0.15, 0.2) is 91.0 Å². The zero-order valence-electron chi connectivity index (χ0n) is 21.2. The quantitative estimate of drug-likeness (QED) is 0.414. The van der Waals surface area contributed by atoms with Crippen molar-refractivity contribution in [3.8, 4) is 0 Å². The third-order valence-corrected chi connectivity index (χ3v) is 6.44. The Morgan fingerprint density at radius 2 is 1.41 bits per heavy atom. The van der Waals surface area contributed by atoms with Gasteiger partial charge in [-0.2, -0.15) is 0 Å². The van der Waals surface area contributed by atoms with Crippen LogP contribution >= 0.6 is 0 Å². The molecule has 1 N–H and O–H groups in total. The van der Waals surface area contributed by atoms with Crippen LogP contribution in [0.25, 0.3) is 0 Å². The van der Waals surface area contributed by atoms with Crippen LogP contribution in [0.4, 0.5) is 4.79 Å². The van der Waals surface area contributed by atoms with Gasteiger partial charge in [0.1, 0.15) is 11.7 Å². The standard InChI is InChI=1S/C30H33NO6/c1-30(2)26(18-22-12-6-3-7-13-22)31(29(34)37-30)28(33)27(36-20-24-16-10-5-11-17-24)25(32)21-35-19-23-14-8-4-9-15-23/h3-17,25-27,32H,18-21H2,1-2H3/t25-,26+,27+/m1/s1. The monoisotopic (exact) mass is 503 g/mol. The number of hydrogen-bond donors (Lipinski definition) is 1. The summed E-state index contributed by atoms with van der Waals surface area (Å²) in [7, 11) is 0. The van der Waals surface area contributed by atoms with E-state index in [0.29, 0.717) is 6.42 Å². The summed E-state index contributed by atoms with van der Waals surface area (Å²) in [6, 6.07) is 27.9. The summed E-state index contributed by atoms with van der Waals surface area (Å²) in [6.45, 7) is 3.78. The minimum Gasteiger partial charge on any atom is -0.441 e. The van der Waals surface area contributed by atoms with Crippen molar-refractivity contribution in [1.82, 2.24) is 4.90 Å². The third-order valence-electron chi connectivity index (χ3n) is 6.44. The van der Waals surface area contributed by atoms with Crippen molar-refractivity contribution in [2.45, 2.75) is 57.3 Å². The van der Waals surface area contributed by atoms with Crippen molar-refractivity contribution in [2.75, 3.05) is 6.61 Å². The first kappa shape index (κ1) is 26.5. The summed E-state index contributed by atoms with van der Waals surface area (Å²) in [6.07, 6.45) is -2.96. The maximum Gasteiger partial charge on any atom is 0.417 e. The zero-order valence-corrected chi connectivity index (χ0v) is 21.2. The largest absolute Gasteiger partial charge is 0.441 e. The third kappa shape index (κ3) is 6.83. The van der Waals surface area contributed by atoms with Crippen molar-refractivity contribution in [1.29, 1.82) is 0 Å². The smallest absolute Gasteiger partial charge is 0.417 e. The molecule has 4 rings (SSSR count). The van der Waals surface area contributed by atoms with Gasteiger partial charge in [0, 0.05) is 0 Å². The van der Waals surface area contributed by atoms with Gasteiger partial charge in [-0.3, -0.25) is 4.79 Å². The molecule has 0 saturated carbocycles. The molecule has 3 atom stereocenters. The fourth-order valence-corrected chi connectivity index (χ4v) is 4.40. The lowest BCUT2D eigenvalue weighted by atomic mass is 9.91. The van der Waals surface area contributed by atoms with E-state index in [0.717, 1.165) is 21.6 Å². The molecule has 3 aromatic carbocycles. The van der Waals surface area contributed by atoms with Gasteiger partial charge in [-0.1, -0.05) is 91.0 Å². The van der Waals surface area contributed by atoms with Crippen LogP contribution in [0.5, 0.6) is 0 Å². The molecule has 0 radical (unpaired) electrons. The molecule has 1 saturated heterocycles. The van der Waals surface area contributed by atoms with E-state index in [-0.39, 0.29) is 19.8 Å². The average Bonchev–Trinajstić information content (AvgIpc) is 3.13. The molecule has 0 unspecified atom stereocenters. The molecule has 1 aliphatic rings. The van der Waals surface area contributed by atoms with Crippen molar-refractivity contribution in [3.63, 3.8) is 0 Å². The van der Waals surface area contributed by atoms with Gasteiger partial charge in [-0.05, 0) is 37.0 Å². The molecule has 0 bridgehead atoms. The second-order valence-corrected chi connectivity index (χ2v) is 9.67. The van der Waals surface area contributed by atoms with E-state index in [1.807, 2.05) is 91.0 Å². The molecule has 1 aliphatic heterocycles. The van der Waals surface area contributed by atoms with Crippen LogP contribution in [-0.2, 0) is 38.6 Å².